The van der Waals surface area contributed by atoms with Gasteiger partial charge < -0.3 is 19.8 Å². The zero-order valence-electron chi connectivity index (χ0n) is 11.7. The molecule has 1 amide bonds. The molecule has 21 heavy (non-hydrogen) atoms. The summed E-state index contributed by atoms with van der Waals surface area (Å²) < 4.78 is 5.21. The first-order valence-electron chi connectivity index (χ1n) is 6.88. The summed E-state index contributed by atoms with van der Waals surface area (Å²) >= 11 is 0. The zero-order chi connectivity index (χ0) is 15.3. The van der Waals surface area contributed by atoms with Gasteiger partial charge in [0.05, 0.1) is 12.0 Å². The number of benzene rings is 1. The lowest BCUT2D eigenvalue weighted by molar-refractivity contribution is -0.144. The van der Waals surface area contributed by atoms with E-state index in [4.69, 9.17) is 9.84 Å². The normalized spacial score (nSPS) is 17.3. The van der Waals surface area contributed by atoms with E-state index in [1.54, 1.807) is 0 Å². The van der Waals surface area contributed by atoms with Crippen LogP contribution in [-0.4, -0.2) is 45.9 Å². The SMILES string of the molecule is O=C(O)CC1(O)CCN(C(=O)OCc2ccccc2)CC1. The molecule has 1 heterocycles. The molecule has 0 spiro atoms. The van der Waals surface area contributed by atoms with Crippen LogP contribution < -0.4 is 0 Å². The molecule has 1 aromatic carbocycles. The molecule has 1 aliphatic rings. The maximum absolute atomic E-state index is 11.9. The summed E-state index contributed by atoms with van der Waals surface area (Å²) in [5.41, 5.74) is -0.313. The minimum Gasteiger partial charge on any atom is -0.481 e. The van der Waals surface area contributed by atoms with Crippen molar-refractivity contribution in [1.29, 1.82) is 0 Å². The predicted octanol–water partition coefficient (Wildman–Crippen LogP) is 1.62. The Bertz CT molecular complexity index is 494. The van der Waals surface area contributed by atoms with Gasteiger partial charge in [0, 0.05) is 13.1 Å². The Balaban J connectivity index is 1.79. The molecular formula is C15H19NO5. The molecule has 1 aromatic rings. The summed E-state index contributed by atoms with van der Waals surface area (Å²) in [6.45, 7) is 0.810. The van der Waals surface area contributed by atoms with Crippen LogP contribution in [0, 0.1) is 0 Å². The quantitative estimate of drug-likeness (QED) is 0.881. The first-order chi connectivity index (χ1) is 9.98. The van der Waals surface area contributed by atoms with E-state index in [1.165, 1.54) is 4.90 Å². The van der Waals surface area contributed by atoms with Crippen molar-refractivity contribution in [2.75, 3.05) is 13.1 Å². The monoisotopic (exact) mass is 293 g/mol. The summed E-state index contributed by atoms with van der Waals surface area (Å²) in [6.07, 6.45) is -0.226. The summed E-state index contributed by atoms with van der Waals surface area (Å²) in [5.74, 6) is -1.03. The number of ether oxygens (including phenoxy) is 1. The molecule has 0 atom stereocenters. The van der Waals surface area contributed by atoms with Gasteiger partial charge in [0.15, 0.2) is 0 Å². The molecule has 2 N–H and O–H groups in total. The Morgan fingerprint density at radius 3 is 2.38 bits per heavy atom. The third-order valence-corrected chi connectivity index (χ3v) is 3.64. The number of carboxylic acid groups (broad SMARTS) is 1. The molecule has 6 nitrogen and oxygen atoms in total. The van der Waals surface area contributed by atoms with Crippen molar-refractivity contribution in [2.24, 2.45) is 0 Å². The lowest BCUT2D eigenvalue weighted by atomic mass is 9.88. The molecule has 0 aromatic heterocycles. The zero-order valence-corrected chi connectivity index (χ0v) is 11.7. The van der Waals surface area contributed by atoms with Crippen LogP contribution in [0.2, 0.25) is 0 Å². The first kappa shape index (κ1) is 15.3. The Morgan fingerprint density at radius 2 is 1.81 bits per heavy atom. The standard InChI is InChI=1S/C15H19NO5/c17-13(18)10-15(20)6-8-16(9-7-15)14(19)21-11-12-4-2-1-3-5-12/h1-5,20H,6-11H2,(H,17,18). The second-order valence-corrected chi connectivity index (χ2v) is 5.32. The van der Waals surface area contributed by atoms with Crippen molar-refractivity contribution in [1.82, 2.24) is 4.90 Å². The molecule has 1 aliphatic heterocycles. The van der Waals surface area contributed by atoms with Gasteiger partial charge in [-0.1, -0.05) is 30.3 Å². The summed E-state index contributed by atoms with van der Waals surface area (Å²) in [4.78, 5) is 24.1. The van der Waals surface area contributed by atoms with Gasteiger partial charge in [-0.3, -0.25) is 4.79 Å². The largest absolute Gasteiger partial charge is 0.481 e. The fraction of sp³-hybridized carbons (Fsp3) is 0.467. The number of piperidine rings is 1. The van der Waals surface area contributed by atoms with Gasteiger partial charge in [-0.15, -0.1) is 0 Å². The topological polar surface area (TPSA) is 87.1 Å². The molecule has 0 unspecified atom stereocenters. The van der Waals surface area contributed by atoms with E-state index in [1.807, 2.05) is 30.3 Å². The van der Waals surface area contributed by atoms with Crippen molar-refractivity contribution in [2.45, 2.75) is 31.5 Å². The van der Waals surface area contributed by atoms with Gasteiger partial charge >= 0.3 is 12.1 Å². The molecule has 0 radical (unpaired) electrons. The van der Waals surface area contributed by atoms with Gasteiger partial charge in [0.1, 0.15) is 6.61 Å². The third-order valence-electron chi connectivity index (χ3n) is 3.64. The van der Waals surface area contributed by atoms with Crippen LogP contribution >= 0.6 is 0 Å². The Labute approximate surface area is 122 Å². The van der Waals surface area contributed by atoms with E-state index in [0.29, 0.717) is 13.1 Å². The molecule has 0 aliphatic carbocycles. The minimum atomic E-state index is -1.22. The van der Waals surface area contributed by atoms with Gasteiger partial charge in [-0.25, -0.2) is 4.79 Å². The highest BCUT2D eigenvalue weighted by molar-refractivity contribution is 5.69. The average Bonchev–Trinajstić information content (AvgIpc) is 2.45. The van der Waals surface area contributed by atoms with Gasteiger partial charge in [-0.2, -0.15) is 0 Å². The van der Waals surface area contributed by atoms with Crippen molar-refractivity contribution in [3.05, 3.63) is 35.9 Å². The molecule has 1 saturated heterocycles. The molecular weight excluding hydrogens is 274 g/mol. The van der Waals surface area contributed by atoms with Crippen molar-refractivity contribution < 1.29 is 24.5 Å². The number of hydrogen-bond acceptors (Lipinski definition) is 4. The number of carbonyl (C=O) groups is 2. The lowest BCUT2D eigenvalue weighted by Gasteiger charge is -2.36. The van der Waals surface area contributed by atoms with Crippen molar-refractivity contribution >= 4 is 12.1 Å². The molecule has 2 rings (SSSR count). The molecule has 1 fully saturated rings. The predicted molar refractivity (Wildman–Crippen MR) is 74.6 cm³/mol. The number of aliphatic hydroxyl groups is 1. The van der Waals surface area contributed by atoms with Crippen molar-refractivity contribution in [3.63, 3.8) is 0 Å². The van der Waals surface area contributed by atoms with Crippen LogP contribution in [0.4, 0.5) is 4.79 Å². The van der Waals surface area contributed by atoms with Crippen LogP contribution in [-0.2, 0) is 16.1 Å². The number of nitrogens with zero attached hydrogens (tertiary/aromatic N) is 1. The Morgan fingerprint density at radius 1 is 1.19 bits per heavy atom. The first-order valence-corrected chi connectivity index (χ1v) is 6.88. The third kappa shape index (κ3) is 4.46. The smallest absolute Gasteiger partial charge is 0.410 e. The van der Waals surface area contributed by atoms with E-state index in [2.05, 4.69) is 0 Å². The van der Waals surface area contributed by atoms with Crippen LogP contribution in [0.25, 0.3) is 0 Å². The minimum absolute atomic E-state index is 0.204. The van der Waals surface area contributed by atoms with Crippen molar-refractivity contribution in [3.8, 4) is 0 Å². The van der Waals surface area contributed by atoms with E-state index >= 15 is 0 Å². The van der Waals surface area contributed by atoms with Crippen LogP contribution in [0.1, 0.15) is 24.8 Å². The van der Waals surface area contributed by atoms with Gasteiger partial charge in [0.2, 0.25) is 0 Å². The fourth-order valence-electron chi connectivity index (χ4n) is 2.37. The summed E-state index contributed by atoms with van der Waals surface area (Å²) in [7, 11) is 0. The Kier molecular flexibility index (Phi) is 4.80. The molecule has 114 valence electrons. The van der Waals surface area contributed by atoms with E-state index < -0.39 is 17.7 Å². The lowest BCUT2D eigenvalue weighted by Crippen LogP contribution is -2.47. The number of hydrogen-bond donors (Lipinski definition) is 2. The Hall–Kier alpha value is -2.08. The number of carbonyl (C=O) groups excluding carboxylic acids is 1. The van der Waals surface area contributed by atoms with Gasteiger partial charge in [0.25, 0.3) is 0 Å². The number of rotatable bonds is 4. The average molecular weight is 293 g/mol. The summed E-state index contributed by atoms with van der Waals surface area (Å²) in [6, 6.07) is 9.37. The molecule has 0 saturated carbocycles. The molecule has 6 heteroatoms. The number of amides is 1. The summed E-state index contributed by atoms with van der Waals surface area (Å²) in [5, 5.41) is 18.8. The molecule has 0 bridgehead atoms. The number of aliphatic carboxylic acids is 1. The van der Waals surface area contributed by atoms with E-state index in [9.17, 15) is 14.7 Å². The van der Waals surface area contributed by atoms with E-state index in [0.717, 1.165) is 5.56 Å². The number of likely N-dealkylation sites (tertiary alicyclic amines) is 1. The number of carboxylic acids is 1. The second kappa shape index (κ2) is 6.58. The maximum atomic E-state index is 11.9. The van der Waals surface area contributed by atoms with E-state index in [-0.39, 0.29) is 25.9 Å². The van der Waals surface area contributed by atoms with Gasteiger partial charge in [-0.05, 0) is 18.4 Å². The van der Waals surface area contributed by atoms with Crippen LogP contribution in [0.3, 0.4) is 0 Å². The maximum Gasteiger partial charge on any atom is 0.410 e. The highest BCUT2D eigenvalue weighted by atomic mass is 16.6. The van der Waals surface area contributed by atoms with Crippen LogP contribution in [0.5, 0.6) is 0 Å². The fourth-order valence-corrected chi connectivity index (χ4v) is 2.37. The highest BCUT2D eigenvalue weighted by Crippen LogP contribution is 2.26. The van der Waals surface area contributed by atoms with Crippen LogP contribution in [0.15, 0.2) is 30.3 Å². The highest BCUT2D eigenvalue weighted by Gasteiger charge is 2.36. The second-order valence-electron chi connectivity index (χ2n) is 5.32.